The first-order chi connectivity index (χ1) is 16.7. The molecule has 4 aromatic rings. The first-order valence-electron chi connectivity index (χ1n) is 11.0. The predicted molar refractivity (Wildman–Crippen MR) is 129 cm³/mol. The zero-order valence-corrected chi connectivity index (χ0v) is 19.5. The van der Waals surface area contributed by atoms with Crippen LogP contribution in [-0.2, 0) is 17.5 Å². The van der Waals surface area contributed by atoms with Gasteiger partial charge in [-0.3, -0.25) is 14.3 Å². The number of nitrogens with one attached hydrogen (secondary N) is 2. The molecule has 1 aliphatic carbocycles. The van der Waals surface area contributed by atoms with E-state index in [1.54, 1.807) is 10.7 Å². The molecule has 2 N–H and O–H groups in total. The van der Waals surface area contributed by atoms with Crippen molar-refractivity contribution in [3.05, 3.63) is 76.3 Å². The smallest absolute Gasteiger partial charge is 0.326 e. The summed E-state index contributed by atoms with van der Waals surface area (Å²) in [7, 11) is 0. The van der Waals surface area contributed by atoms with Gasteiger partial charge in [0.2, 0.25) is 5.91 Å². The molecule has 5 rings (SSSR count). The Morgan fingerprint density at radius 3 is 2.51 bits per heavy atom. The van der Waals surface area contributed by atoms with Crippen molar-refractivity contribution in [2.24, 2.45) is 5.92 Å². The Hall–Kier alpha value is -3.66. The van der Waals surface area contributed by atoms with E-state index in [0.29, 0.717) is 6.54 Å². The van der Waals surface area contributed by atoms with Crippen LogP contribution in [0.1, 0.15) is 39.3 Å². The number of hydrogen-bond donors (Lipinski definition) is 2. The zero-order valence-electron chi connectivity index (χ0n) is 18.6. The first-order valence-corrected chi connectivity index (χ1v) is 11.8. The van der Waals surface area contributed by atoms with Gasteiger partial charge in [0.15, 0.2) is 0 Å². The molecule has 6 nitrogen and oxygen atoms in total. The number of aryl methyl sites for hydroxylation is 1. The molecular formula is C25H21F3N4O2S. The zero-order chi connectivity index (χ0) is 24.7. The van der Waals surface area contributed by atoms with Gasteiger partial charge in [-0.1, -0.05) is 30.3 Å². The minimum atomic E-state index is -4.71. The van der Waals surface area contributed by atoms with E-state index in [1.165, 1.54) is 23.5 Å². The molecule has 0 atom stereocenters. The molecule has 0 aliphatic heterocycles. The molecule has 0 saturated heterocycles. The van der Waals surface area contributed by atoms with E-state index in [1.807, 2.05) is 37.3 Å². The summed E-state index contributed by atoms with van der Waals surface area (Å²) in [5.74, 6) is -1.07. The van der Waals surface area contributed by atoms with Crippen LogP contribution in [-0.4, -0.2) is 21.6 Å². The number of hydrogen-bond acceptors (Lipinski definition) is 4. The third kappa shape index (κ3) is 4.93. The average Bonchev–Trinajstić information content (AvgIpc) is 3.50. The van der Waals surface area contributed by atoms with Crippen LogP contribution in [0, 0.1) is 12.8 Å². The second-order valence-electron chi connectivity index (χ2n) is 8.53. The molecule has 35 heavy (non-hydrogen) atoms. The highest BCUT2D eigenvalue weighted by Gasteiger charge is 2.35. The lowest BCUT2D eigenvalue weighted by Gasteiger charge is -2.15. The van der Waals surface area contributed by atoms with E-state index in [-0.39, 0.29) is 28.1 Å². The first kappa shape index (κ1) is 23.1. The fourth-order valence-electron chi connectivity index (χ4n) is 3.83. The number of rotatable bonds is 6. The molecule has 2 amide bonds. The van der Waals surface area contributed by atoms with Crippen LogP contribution in [0.3, 0.4) is 0 Å². The summed E-state index contributed by atoms with van der Waals surface area (Å²) < 4.78 is 43.0. The molecule has 0 unspecified atom stereocenters. The highest BCUT2D eigenvalue weighted by atomic mass is 32.1. The normalized spacial score (nSPS) is 13.7. The van der Waals surface area contributed by atoms with Crippen LogP contribution < -0.4 is 10.6 Å². The lowest BCUT2D eigenvalue weighted by molar-refractivity contribution is -0.137. The molecule has 0 bridgehead atoms. The Bertz CT molecular complexity index is 1420. The minimum absolute atomic E-state index is 0.0470. The molecule has 1 aliphatic rings. The highest BCUT2D eigenvalue weighted by molar-refractivity contribution is 7.20. The summed E-state index contributed by atoms with van der Waals surface area (Å²) in [5.41, 5.74) is 0.433. The SMILES string of the molecule is Cc1nn(Cc2ccccc2)c2sc(C(=O)Nc3ccc(NC(=O)C4CC4)cc3C(F)(F)F)cc12. The van der Waals surface area contributed by atoms with Gasteiger partial charge in [-0.25, -0.2) is 0 Å². The van der Waals surface area contributed by atoms with Crippen LogP contribution in [0.15, 0.2) is 54.6 Å². The number of fused-ring (bicyclic) bond motifs is 1. The molecule has 1 saturated carbocycles. The maximum absolute atomic E-state index is 13.7. The molecule has 2 heterocycles. The maximum Gasteiger partial charge on any atom is 0.418 e. The van der Waals surface area contributed by atoms with Crippen LogP contribution in [0.2, 0.25) is 0 Å². The van der Waals surface area contributed by atoms with Gasteiger partial charge in [0.1, 0.15) is 4.83 Å². The average molecular weight is 499 g/mol. The summed E-state index contributed by atoms with van der Waals surface area (Å²) in [6, 6.07) is 14.7. The van der Waals surface area contributed by atoms with E-state index in [9.17, 15) is 22.8 Å². The molecule has 2 aromatic carbocycles. The fourth-order valence-corrected chi connectivity index (χ4v) is 4.88. The van der Waals surface area contributed by atoms with Crippen LogP contribution >= 0.6 is 11.3 Å². The van der Waals surface area contributed by atoms with Crippen molar-refractivity contribution < 1.29 is 22.8 Å². The second-order valence-corrected chi connectivity index (χ2v) is 9.56. The van der Waals surface area contributed by atoms with E-state index in [2.05, 4.69) is 15.7 Å². The number of benzene rings is 2. The molecule has 1 fully saturated rings. The van der Waals surface area contributed by atoms with Crippen molar-refractivity contribution in [2.75, 3.05) is 10.6 Å². The quantitative estimate of drug-likeness (QED) is 0.339. The van der Waals surface area contributed by atoms with Crippen molar-refractivity contribution in [3.8, 4) is 0 Å². The van der Waals surface area contributed by atoms with Crippen molar-refractivity contribution in [3.63, 3.8) is 0 Å². The van der Waals surface area contributed by atoms with Crippen LogP contribution in [0.4, 0.5) is 24.5 Å². The number of nitrogens with zero attached hydrogens (tertiary/aromatic N) is 2. The number of halogens is 3. The predicted octanol–water partition coefficient (Wildman–Crippen LogP) is 6.07. The van der Waals surface area contributed by atoms with Gasteiger partial charge in [0.25, 0.3) is 5.91 Å². The fraction of sp³-hybridized carbons (Fsp3) is 0.240. The Morgan fingerprint density at radius 1 is 1.09 bits per heavy atom. The monoisotopic (exact) mass is 498 g/mol. The Kier molecular flexibility index (Phi) is 5.84. The molecule has 0 radical (unpaired) electrons. The van der Waals surface area contributed by atoms with E-state index >= 15 is 0 Å². The van der Waals surface area contributed by atoms with Crippen LogP contribution in [0.5, 0.6) is 0 Å². The van der Waals surface area contributed by atoms with E-state index in [0.717, 1.165) is 40.4 Å². The number of amides is 2. The molecule has 10 heteroatoms. The largest absolute Gasteiger partial charge is 0.418 e. The molecule has 180 valence electrons. The highest BCUT2D eigenvalue weighted by Crippen LogP contribution is 2.38. The Balaban J connectivity index is 1.40. The number of aromatic nitrogens is 2. The Morgan fingerprint density at radius 2 is 1.83 bits per heavy atom. The lowest BCUT2D eigenvalue weighted by atomic mass is 10.1. The van der Waals surface area contributed by atoms with Crippen LogP contribution in [0.25, 0.3) is 10.2 Å². The number of alkyl halides is 3. The molecule has 0 spiro atoms. The van der Waals surface area contributed by atoms with Crippen molar-refractivity contribution >= 4 is 44.7 Å². The lowest BCUT2D eigenvalue weighted by Crippen LogP contribution is -2.18. The summed E-state index contributed by atoms with van der Waals surface area (Å²) in [4.78, 5) is 25.9. The third-order valence-electron chi connectivity index (χ3n) is 5.80. The van der Waals surface area contributed by atoms with Gasteiger partial charge < -0.3 is 10.6 Å². The van der Waals surface area contributed by atoms with Crippen molar-refractivity contribution in [1.82, 2.24) is 9.78 Å². The molecular weight excluding hydrogens is 477 g/mol. The van der Waals surface area contributed by atoms with Gasteiger partial charge in [0, 0.05) is 17.0 Å². The Labute approximate surface area is 202 Å². The minimum Gasteiger partial charge on any atom is -0.326 e. The number of thiophene rings is 1. The number of carbonyl (C=O) groups is 2. The van der Waals surface area contributed by atoms with Gasteiger partial charge in [-0.05, 0) is 49.6 Å². The molecule has 2 aromatic heterocycles. The van der Waals surface area contributed by atoms with E-state index in [4.69, 9.17) is 0 Å². The number of anilines is 2. The van der Waals surface area contributed by atoms with Gasteiger partial charge in [0.05, 0.1) is 28.4 Å². The number of carbonyl (C=O) groups excluding carboxylic acids is 2. The third-order valence-corrected chi connectivity index (χ3v) is 6.94. The topological polar surface area (TPSA) is 76.0 Å². The summed E-state index contributed by atoms with van der Waals surface area (Å²) in [6.45, 7) is 2.34. The van der Waals surface area contributed by atoms with Crippen molar-refractivity contribution in [1.29, 1.82) is 0 Å². The maximum atomic E-state index is 13.7. The van der Waals surface area contributed by atoms with Crippen molar-refractivity contribution in [2.45, 2.75) is 32.5 Å². The summed E-state index contributed by atoms with van der Waals surface area (Å²) >= 11 is 1.18. The van der Waals surface area contributed by atoms with Gasteiger partial charge in [-0.15, -0.1) is 11.3 Å². The van der Waals surface area contributed by atoms with Gasteiger partial charge >= 0.3 is 6.18 Å². The second kappa shape index (κ2) is 8.84. The summed E-state index contributed by atoms with van der Waals surface area (Å²) in [6.07, 6.45) is -3.23. The summed E-state index contributed by atoms with van der Waals surface area (Å²) in [5, 5.41) is 10.2. The van der Waals surface area contributed by atoms with Gasteiger partial charge in [-0.2, -0.15) is 18.3 Å². The van der Waals surface area contributed by atoms with E-state index < -0.39 is 17.6 Å². The standard InChI is InChI=1S/C25H21F3N4O2S/c1-14-18-12-21(35-24(18)32(31-14)13-15-5-3-2-4-6-15)23(34)30-20-10-9-17(11-19(20)25(26,27)28)29-22(33)16-7-8-16/h2-6,9-12,16H,7-8,13H2,1H3,(H,29,33)(H,30,34).